The zero-order valence-corrected chi connectivity index (χ0v) is 11.6. The molecule has 0 heterocycles. The Morgan fingerprint density at radius 2 is 0.864 bits per heavy atom. The molecule has 22 heavy (non-hydrogen) atoms. The van der Waals surface area contributed by atoms with Gasteiger partial charge in [-0.3, -0.25) is 9.59 Å². The fourth-order valence-corrected chi connectivity index (χ4v) is 1.06. The van der Waals surface area contributed by atoms with Gasteiger partial charge in [0.15, 0.2) is 0 Å². The summed E-state index contributed by atoms with van der Waals surface area (Å²) in [4.78, 5) is 36.7. The van der Waals surface area contributed by atoms with Crippen molar-refractivity contribution in [2.24, 2.45) is 0 Å². The number of carbonyl (C=O) groups excluding carboxylic acids is 4. The molecule has 2 aromatic rings. The summed E-state index contributed by atoms with van der Waals surface area (Å²) in [6.45, 7) is 0. The fourth-order valence-electron chi connectivity index (χ4n) is 1.06. The van der Waals surface area contributed by atoms with Gasteiger partial charge in [-0.05, 0) is 0 Å². The van der Waals surface area contributed by atoms with Crippen LogP contribution >= 0.6 is 0 Å². The monoisotopic (exact) mass is 298 g/mol. The van der Waals surface area contributed by atoms with Gasteiger partial charge in [-0.1, -0.05) is 60.7 Å². The van der Waals surface area contributed by atoms with Gasteiger partial charge in [0.05, 0.1) is 0 Å². The van der Waals surface area contributed by atoms with E-state index in [0.717, 1.165) is 35.9 Å². The lowest BCUT2D eigenvalue weighted by Gasteiger charge is -1.81. The molecule has 2 aromatic carbocycles. The van der Waals surface area contributed by atoms with Crippen LogP contribution < -0.4 is 0 Å². The molecular weight excluding hydrogens is 284 g/mol. The third kappa shape index (κ3) is 14.6. The maximum atomic E-state index is 10.0. The lowest BCUT2D eigenvalue weighted by Crippen LogP contribution is -1.73. The van der Waals surface area contributed by atoms with Crippen molar-refractivity contribution in [3.63, 3.8) is 0 Å². The van der Waals surface area contributed by atoms with E-state index in [-0.39, 0.29) is 0 Å². The molecule has 0 aromatic heterocycles. The number of benzene rings is 2. The lowest BCUT2D eigenvalue weighted by atomic mass is 10.2. The number of hydrogen-bond donors (Lipinski definition) is 2. The molecule has 0 fully saturated rings. The second kappa shape index (κ2) is 17.5. The highest BCUT2D eigenvalue weighted by atomic mass is 16.1. The van der Waals surface area contributed by atoms with Crippen LogP contribution in [0.1, 0.15) is 20.7 Å². The molecule has 6 heteroatoms. The Bertz CT molecular complexity index is 531. The van der Waals surface area contributed by atoms with E-state index in [2.05, 4.69) is 0 Å². The molecule has 0 saturated heterocycles. The van der Waals surface area contributed by atoms with Gasteiger partial charge in [0.25, 0.3) is 0 Å². The Morgan fingerprint density at radius 3 is 1.00 bits per heavy atom. The molecule has 0 spiro atoms. The highest BCUT2D eigenvalue weighted by Crippen LogP contribution is 1.92. The highest BCUT2D eigenvalue weighted by molar-refractivity contribution is 5.74. The molecular formula is C16H14N2O4. The van der Waals surface area contributed by atoms with Crippen LogP contribution in [0.4, 0.5) is 0 Å². The Labute approximate surface area is 127 Å². The average molecular weight is 298 g/mol. The largest absolute Gasteiger partial charge is 0.298 e. The first-order valence-corrected chi connectivity index (χ1v) is 5.78. The van der Waals surface area contributed by atoms with Crippen molar-refractivity contribution in [1.82, 2.24) is 0 Å². The third-order valence-corrected chi connectivity index (χ3v) is 1.87. The minimum atomic E-state index is 0.729. The summed E-state index contributed by atoms with van der Waals surface area (Å²) in [5.41, 5.74) is 1.46. The SMILES string of the molecule is N=C=O.N=C=O.O=Cc1ccccc1.O=Cc1ccccc1. The second-order valence-electron chi connectivity index (χ2n) is 3.26. The molecule has 0 aliphatic rings. The predicted molar refractivity (Wildman–Crippen MR) is 80.5 cm³/mol. The molecule has 0 amide bonds. The maximum Gasteiger partial charge on any atom is 0.231 e. The van der Waals surface area contributed by atoms with Crippen molar-refractivity contribution in [1.29, 1.82) is 10.8 Å². The van der Waals surface area contributed by atoms with E-state index in [4.69, 9.17) is 20.4 Å². The van der Waals surface area contributed by atoms with Gasteiger partial charge in [0, 0.05) is 11.1 Å². The molecule has 0 saturated carbocycles. The number of isocyanates is 2. The first-order chi connectivity index (χ1) is 10.7. The molecule has 0 bridgehead atoms. The summed E-state index contributed by atoms with van der Waals surface area (Å²) in [5, 5.41) is 10.8. The van der Waals surface area contributed by atoms with Crippen LogP contribution in [0.2, 0.25) is 0 Å². The number of aldehydes is 2. The molecule has 0 unspecified atom stereocenters. The van der Waals surface area contributed by atoms with Gasteiger partial charge in [-0.25, -0.2) is 20.4 Å². The third-order valence-electron chi connectivity index (χ3n) is 1.87. The topological polar surface area (TPSA) is 116 Å². The van der Waals surface area contributed by atoms with E-state index >= 15 is 0 Å². The number of nitrogens with one attached hydrogen (secondary N) is 2. The molecule has 112 valence electrons. The van der Waals surface area contributed by atoms with Gasteiger partial charge in [0.2, 0.25) is 12.2 Å². The van der Waals surface area contributed by atoms with E-state index in [1.165, 1.54) is 0 Å². The summed E-state index contributed by atoms with van der Waals surface area (Å²) < 4.78 is 0. The first kappa shape index (κ1) is 20.8. The zero-order chi connectivity index (χ0) is 17.1. The smallest absolute Gasteiger partial charge is 0.231 e. The van der Waals surface area contributed by atoms with E-state index in [1.807, 2.05) is 36.4 Å². The van der Waals surface area contributed by atoms with Gasteiger partial charge in [-0.2, -0.15) is 0 Å². The van der Waals surface area contributed by atoms with Crippen molar-refractivity contribution in [3.05, 3.63) is 71.8 Å². The Hall–Kier alpha value is -3.46. The van der Waals surface area contributed by atoms with Gasteiger partial charge in [-0.15, -0.1) is 0 Å². The Kier molecular flexibility index (Phi) is 16.6. The van der Waals surface area contributed by atoms with E-state index in [0.29, 0.717) is 0 Å². The summed E-state index contributed by atoms with van der Waals surface area (Å²) in [7, 11) is 0. The Balaban J connectivity index is 0. The number of rotatable bonds is 2. The molecule has 0 aliphatic carbocycles. The van der Waals surface area contributed by atoms with Crippen LogP contribution in [-0.2, 0) is 9.59 Å². The molecule has 0 aliphatic heterocycles. The average Bonchev–Trinajstić information content (AvgIpc) is 2.58. The molecule has 2 rings (SSSR count). The van der Waals surface area contributed by atoms with Crippen molar-refractivity contribution < 1.29 is 19.2 Å². The van der Waals surface area contributed by atoms with E-state index in [1.54, 1.807) is 24.3 Å². The van der Waals surface area contributed by atoms with E-state index < -0.39 is 0 Å². The summed E-state index contributed by atoms with van der Waals surface area (Å²) in [5.74, 6) is 0. The normalized spacial score (nSPS) is 6.91. The highest BCUT2D eigenvalue weighted by Gasteiger charge is 1.80. The first-order valence-electron chi connectivity index (χ1n) is 5.78. The zero-order valence-electron chi connectivity index (χ0n) is 11.6. The van der Waals surface area contributed by atoms with Crippen LogP contribution in [0.3, 0.4) is 0 Å². The Morgan fingerprint density at radius 1 is 0.636 bits per heavy atom. The van der Waals surface area contributed by atoms with Crippen LogP contribution in [0.5, 0.6) is 0 Å². The van der Waals surface area contributed by atoms with Crippen molar-refractivity contribution in [3.8, 4) is 0 Å². The van der Waals surface area contributed by atoms with Crippen molar-refractivity contribution in [2.75, 3.05) is 0 Å². The minimum absolute atomic E-state index is 0.729. The summed E-state index contributed by atoms with van der Waals surface area (Å²) in [6, 6.07) is 18.2. The number of carbonyl (C=O) groups is 2. The number of hydrogen-bond acceptors (Lipinski definition) is 6. The van der Waals surface area contributed by atoms with Crippen LogP contribution in [-0.4, -0.2) is 24.7 Å². The lowest BCUT2D eigenvalue weighted by molar-refractivity contribution is 0.111. The van der Waals surface area contributed by atoms with Crippen LogP contribution in [0.25, 0.3) is 0 Å². The standard InChI is InChI=1S/2C7H6O.2CHNO/c2*8-6-7-4-2-1-3-5-7;2*2-1-3/h2*1-6H;2*2H. The molecule has 6 nitrogen and oxygen atoms in total. The predicted octanol–water partition coefficient (Wildman–Crippen LogP) is 2.80. The van der Waals surface area contributed by atoms with Crippen LogP contribution in [0.15, 0.2) is 60.7 Å². The van der Waals surface area contributed by atoms with Crippen LogP contribution in [0, 0.1) is 10.8 Å². The van der Waals surface area contributed by atoms with Crippen molar-refractivity contribution in [2.45, 2.75) is 0 Å². The maximum absolute atomic E-state index is 10.0. The second-order valence-corrected chi connectivity index (χ2v) is 3.26. The van der Waals surface area contributed by atoms with Crippen molar-refractivity contribution >= 4 is 24.7 Å². The minimum Gasteiger partial charge on any atom is -0.298 e. The molecule has 0 radical (unpaired) electrons. The quantitative estimate of drug-likeness (QED) is 0.503. The fraction of sp³-hybridized carbons (Fsp3) is 0. The molecule has 2 N–H and O–H groups in total. The summed E-state index contributed by atoms with van der Waals surface area (Å²) >= 11 is 0. The van der Waals surface area contributed by atoms with Gasteiger partial charge < -0.3 is 0 Å². The van der Waals surface area contributed by atoms with E-state index in [9.17, 15) is 9.59 Å². The van der Waals surface area contributed by atoms with Gasteiger partial charge in [0.1, 0.15) is 12.6 Å². The molecule has 0 atom stereocenters. The summed E-state index contributed by atoms with van der Waals surface area (Å²) in [6.07, 6.45) is 3.17. The van der Waals surface area contributed by atoms with Gasteiger partial charge >= 0.3 is 0 Å².